The van der Waals surface area contributed by atoms with Gasteiger partial charge in [0, 0.05) is 17.6 Å². The van der Waals surface area contributed by atoms with Gasteiger partial charge in [0.05, 0.1) is 10.6 Å². The van der Waals surface area contributed by atoms with E-state index in [4.69, 9.17) is 23.2 Å². The van der Waals surface area contributed by atoms with Crippen molar-refractivity contribution in [2.24, 2.45) is 7.05 Å². The summed E-state index contributed by atoms with van der Waals surface area (Å²) in [4.78, 5) is 16.9. The van der Waals surface area contributed by atoms with Crippen molar-refractivity contribution in [1.82, 2.24) is 19.2 Å². The molecule has 0 aliphatic heterocycles. The van der Waals surface area contributed by atoms with Gasteiger partial charge in [0.2, 0.25) is 0 Å². The normalized spacial score (nSPS) is 11.2. The van der Waals surface area contributed by atoms with Gasteiger partial charge in [-0.1, -0.05) is 53.5 Å². The van der Waals surface area contributed by atoms with E-state index < -0.39 is 0 Å². The van der Waals surface area contributed by atoms with Crippen LogP contribution in [0.1, 0.15) is 0 Å². The van der Waals surface area contributed by atoms with Crippen LogP contribution >= 0.6 is 23.2 Å². The number of fused-ring (bicyclic) bond motifs is 1. The molecule has 0 aliphatic rings. The maximum atomic E-state index is 12.5. The summed E-state index contributed by atoms with van der Waals surface area (Å²) in [7, 11) is 1.63. The van der Waals surface area contributed by atoms with E-state index in [1.807, 2.05) is 30.3 Å². The fourth-order valence-corrected chi connectivity index (χ4v) is 3.08. The number of nitrogens with zero attached hydrogens (tertiary/aromatic N) is 4. The summed E-state index contributed by atoms with van der Waals surface area (Å²) >= 11 is 12.4. The van der Waals surface area contributed by atoms with E-state index in [-0.39, 0.29) is 5.69 Å². The van der Waals surface area contributed by atoms with Crippen LogP contribution < -0.4 is 5.69 Å². The molecule has 25 heavy (non-hydrogen) atoms. The Labute approximate surface area is 153 Å². The average Bonchev–Trinajstić information content (AvgIpc) is 2.99. The predicted octanol–water partition coefficient (Wildman–Crippen LogP) is 4.07. The molecule has 0 bridgehead atoms. The van der Waals surface area contributed by atoms with Crippen molar-refractivity contribution in [1.29, 1.82) is 0 Å². The standard InChI is InChI=1S/C18H12Cl2N4O/c1-23-10-21-17-15(11-6-8-12(19)9-7-11)16(22-24(17)18(23)25)13-4-2-3-5-14(13)20/h2-10H,1H3. The molecule has 0 fully saturated rings. The van der Waals surface area contributed by atoms with Crippen LogP contribution in [0.5, 0.6) is 0 Å². The van der Waals surface area contributed by atoms with Gasteiger partial charge in [-0.25, -0.2) is 9.78 Å². The van der Waals surface area contributed by atoms with Gasteiger partial charge in [-0.05, 0) is 23.8 Å². The Kier molecular flexibility index (Phi) is 3.82. The molecule has 0 saturated heterocycles. The molecule has 0 amide bonds. The summed E-state index contributed by atoms with van der Waals surface area (Å²) in [5.74, 6) is 0. The van der Waals surface area contributed by atoms with Crippen molar-refractivity contribution in [2.75, 3.05) is 0 Å². The van der Waals surface area contributed by atoms with E-state index >= 15 is 0 Å². The molecule has 4 rings (SSSR count). The Morgan fingerprint density at radius 1 is 1.00 bits per heavy atom. The molecule has 0 saturated carbocycles. The summed E-state index contributed by atoms with van der Waals surface area (Å²) in [6.45, 7) is 0. The Bertz CT molecular complexity index is 1150. The zero-order valence-corrected chi connectivity index (χ0v) is 14.7. The fraction of sp³-hybridized carbons (Fsp3) is 0.0556. The third-order valence-corrected chi connectivity index (χ3v) is 4.54. The van der Waals surface area contributed by atoms with Crippen molar-refractivity contribution >= 4 is 28.8 Å². The molecule has 2 heterocycles. The van der Waals surface area contributed by atoms with E-state index in [1.165, 1.54) is 15.4 Å². The average molecular weight is 371 g/mol. The summed E-state index contributed by atoms with van der Waals surface area (Å²) < 4.78 is 2.67. The molecule has 2 aromatic carbocycles. The molecule has 5 nitrogen and oxygen atoms in total. The first-order valence-electron chi connectivity index (χ1n) is 7.51. The van der Waals surface area contributed by atoms with E-state index in [9.17, 15) is 4.79 Å². The maximum Gasteiger partial charge on any atom is 0.351 e. The molecular formula is C18H12Cl2N4O. The lowest BCUT2D eigenvalue weighted by Crippen LogP contribution is -2.25. The first-order valence-corrected chi connectivity index (χ1v) is 8.27. The molecule has 0 unspecified atom stereocenters. The van der Waals surface area contributed by atoms with Crippen LogP contribution in [-0.2, 0) is 7.05 Å². The highest BCUT2D eigenvalue weighted by atomic mass is 35.5. The van der Waals surface area contributed by atoms with Crippen LogP contribution in [-0.4, -0.2) is 19.2 Å². The Morgan fingerprint density at radius 2 is 1.72 bits per heavy atom. The van der Waals surface area contributed by atoms with Crippen molar-refractivity contribution in [3.63, 3.8) is 0 Å². The molecule has 7 heteroatoms. The molecule has 0 aliphatic carbocycles. The predicted molar refractivity (Wildman–Crippen MR) is 99.1 cm³/mol. The second kappa shape index (κ2) is 6.02. The van der Waals surface area contributed by atoms with E-state index in [2.05, 4.69) is 10.1 Å². The number of hydrogen-bond donors (Lipinski definition) is 0. The number of hydrogen-bond acceptors (Lipinski definition) is 3. The minimum absolute atomic E-state index is 0.279. The third kappa shape index (κ3) is 2.62. The van der Waals surface area contributed by atoms with Crippen molar-refractivity contribution in [3.8, 4) is 22.4 Å². The molecule has 0 radical (unpaired) electrons. The van der Waals surface area contributed by atoms with Gasteiger partial charge in [-0.3, -0.25) is 4.57 Å². The van der Waals surface area contributed by atoms with Gasteiger partial charge in [-0.2, -0.15) is 9.61 Å². The highest BCUT2D eigenvalue weighted by Gasteiger charge is 2.20. The van der Waals surface area contributed by atoms with E-state index in [0.717, 1.165) is 16.7 Å². The quantitative estimate of drug-likeness (QED) is 0.534. The van der Waals surface area contributed by atoms with Gasteiger partial charge in [0.15, 0.2) is 5.65 Å². The number of rotatable bonds is 2. The van der Waals surface area contributed by atoms with Crippen LogP contribution in [0.15, 0.2) is 59.7 Å². The number of halogens is 2. The number of aromatic nitrogens is 4. The van der Waals surface area contributed by atoms with Gasteiger partial charge >= 0.3 is 5.69 Å². The summed E-state index contributed by atoms with van der Waals surface area (Å²) in [5, 5.41) is 5.69. The maximum absolute atomic E-state index is 12.5. The second-order valence-electron chi connectivity index (χ2n) is 5.58. The highest BCUT2D eigenvalue weighted by molar-refractivity contribution is 6.33. The first kappa shape index (κ1) is 15.9. The van der Waals surface area contributed by atoms with Gasteiger partial charge in [-0.15, -0.1) is 0 Å². The summed E-state index contributed by atoms with van der Waals surface area (Å²) in [5.41, 5.74) is 3.13. The van der Waals surface area contributed by atoms with Crippen molar-refractivity contribution in [2.45, 2.75) is 0 Å². The van der Waals surface area contributed by atoms with Gasteiger partial charge in [0.1, 0.15) is 12.0 Å². The molecule has 2 aromatic heterocycles. The molecular weight excluding hydrogens is 359 g/mol. The largest absolute Gasteiger partial charge is 0.351 e. The zero-order valence-electron chi connectivity index (χ0n) is 13.1. The van der Waals surface area contributed by atoms with Crippen molar-refractivity contribution in [3.05, 3.63) is 75.4 Å². The van der Waals surface area contributed by atoms with E-state index in [1.54, 1.807) is 25.2 Å². The fourth-order valence-electron chi connectivity index (χ4n) is 2.73. The lowest BCUT2D eigenvalue weighted by atomic mass is 10.0. The SMILES string of the molecule is Cn1cnc2c(-c3ccc(Cl)cc3)c(-c3ccccc3Cl)nn2c1=O. The monoisotopic (exact) mass is 370 g/mol. The molecule has 0 N–H and O–H groups in total. The highest BCUT2D eigenvalue weighted by Crippen LogP contribution is 2.37. The van der Waals surface area contributed by atoms with Gasteiger partial charge < -0.3 is 0 Å². The molecule has 4 aromatic rings. The van der Waals surface area contributed by atoms with Crippen LogP contribution in [0.3, 0.4) is 0 Å². The minimum Gasteiger partial charge on any atom is -0.286 e. The Hall–Kier alpha value is -2.63. The summed E-state index contributed by atoms with van der Waals surface area (Å²) in [6.07, 6.45) is 1.48. The topological polar surface area (TPSA) is 52.2 Å². The smallest absolute Gasteiger partial charge is 0.286 e. The summed E-state index contributed by atoms with van der Waals surface area (Å²) in [6, 6.07) is 14.7. The van der Waals surface area contributed by atoms with Gasteiger partial charge in [0.25, 0.3) is 0 Å². The van der Waals surface area contributed by atoms with Crippen LogP contribution in [0, 0.1) is 0 Å². The molecule has 0 spiro atoms. The van der Waals surface area contributed by atoms with Crippen LogP contribution in [0.25, 0.3) is 28.0 Å². The van der Waals surface area contributed by atoms with Crippen molar-refractivity contribution < 1.29 is 0 Å². The Morgan fingerprint density at radius 3 is 2.44 bits per heavy atom. The third-order valence-electron chi connectivity index (χ3n) is 3.96. The lowest BCUT2D eigenvalue weighted by Gasteiger charge is -2.05. The second-order valence-corrected chi connectivity index (χ2v) is 6.43. The molecule has 0 atom stereocenters. The van der Waals surface area contributed by atoms with Crippen LogP contribution in [0.2, 0.25) is 10.0 Å². The number of aryl methyl sites for hydroxylation is 1. The Balaban J connectivity index is 2.13. The zero-order chi connectivity index (χ0) is 17.6. The first-order chi connectivity index (χ1) is 12.1. The minimum atomic E-state index is -0.279. The van der Waals surface area contributed by atoms with Crippen LogP contribution in [0.4, 0.5) is 0 Å². The lowest BCUT2D eigenvalue weighted by molar-refractivity contribution is 0.718. The number of benzene rings is 2. The van der Waals surface area contributed by atoms with E-state index in [0.29, 0.717) is 21.4 Å². The molecule has 124 valence electrons.